The number of benzene rings is 1. The molecule has 0 saturated carbocycles. The van der Waals surface area contributed by atoms with Gasteiger partial charge in [0.25, 0.3) is 0 Å². The zero-order chi connectivity index (χ0) is 18.4. The van der Waals surface area contributed by atoms with Crippen LogP contribution in [0.15, 0.2) is 54.1 Å². The smallest absolute Gasteiger partial charge is 0.316 e. The maximum Gasteiger partial charge on any atom is 0.316 e. The van der Waals surface area contributed by atoms with Gasteiger partial charge in [0.2, 0.25) is 0 Å². The molecule has 1 aromatic rings. The largest absolute Gasteiger partial charge is 0.329 e. The van der Waals surface area contributed by atoms with E-state index in [1.165, 1.54) is 16.7 Å². The molecule has 0 atom stereocenters. The number of carbonyl (C=O) groups is 1. The van der Waals surface area contributed by atoms with E-state index in [-0.39, 0.29) is 10.8 Å². The fraction of sp³-hybridized carbons (Fsp3) is 0.381. The molecule has 2 nitrogen and oxygen atoms in total. The van der Waals surface area contributed by atoms with E-state index in [1.54, 1.807) is 4.90 Å². The third kappa shape index (κ3) is 5.23. The number of likely N-dealkylation sites (tertiary alicyclic amines) is 1. The summed E-state index contributed by atoms with van der Waals surface area (Å²) in [5, 5.41) is 0.372. The summed E-state index contributed by atoms with van der Waals surface area (Å²) in [5.41, 5.74) is 3.74. The van der Waals surface area contributed by atoms with Gasteiger partial charge in [-0.05, 0) is 54.6 Å². The van der Waals surface area contributed by atoms with E-state index in [2.05, 4.69) is 38.1 Å². The number of halogens is 2. The van der Waals surface area contributed by atoms with Crippen molar-refractivity contribution >= 4 is 34.1 Å². The van der Waals surface area contributed by atoms with Gasteiger partial charge < -0.3 is 4.90 Å². The lowest BCUT2D eigenvalue weighted by molar-refractivity contribution is 0.217. The van der Waals surface area contributed by atoms with Gasteiger partial charge >= 0.3 is 5.37 Å². The summed E-state index contributed by atoms with van der Waals surface area (Å²) in [5.74, 6) is 0. The van der Waals surface area contributed by atoms with E-state index in [1.807, 2.05) is 31.2 Å². The summed E-state index contributed by atoms with van der Waals surface area (Å²) in [6.07, 6.45) is 10.1. The summed E-state index contributed by atoms with van der Waals surface area (Å²) < 4.78 is 0. The molecule has 1 fully saturated rings. The average Bonchev–Trinajstić information content (AvgIpc) is 2.57. The third-order valence-electron chi connectivity index (χ3n) is 4.56. The lowest BCUT2D eigenvalue weighted by atomic mass is 9.75. The van der Waals surface area contributed by atoms with E-state index in [9.17, 15) is 4.79 Å². The van der Waals surface area contributed by atoms with Crippen LogP contribution in [0.2, 0.25) is 5.02 Å². The molecule has 4 heteroatoms. The molecule has 1 amide bonds. The van der Waals surface area contributed by atoms with E-state index < -0.39 is 0 Å². The van der Waals surface area contributed by atoms with Crippen molar-refractivity contribution in [1.82, 2.24) is 4.90 Å². The Morgan fingerprint density at radius 1 is 1.12 bits per heavy atom. The Labute approximate surface area is 160 Å². The van der Waals surface area contributed by atoms with E-state index in [0.717, 1.165) is 17.9 Å². The predicted octanol–water partition coefficient (Wildman–Crippen LogP) is 6.71. The molecule has 0 N–H and O–H groups in total. The Kier molecular flexibility index (Phi) is 6.92. The monoisotopic (exact) mass is 377 g/mol. The first-order valence-electron chi connectivity index (χ1n) is 8.58. The van der Waals surface area contributed by atoms with Crippen LogP contribution in [-0.2, 0) is 0 Å². The molecular formula is C21H25Cl2NO. The molecule has 1 heterocycles. The van der Waals surface area contributed by atoms with Crippen LogP contribution < -0.4 is 0 Å². The Balaban J connectivity index is 2.44. The van der Waals surface area contributed by atoms with Crippen molar-refractivity contribution in [2.24, 2.45) is 5.41 Å². The van der Waals surface area contributed by atoms with Gasteiger partial charge in [-0.1, -0.05) is 67.5 Å². The third-order valence-corrected chi connectivity index (χ3v) is 5.05. The Morgan fingerprint density at radius 2 is 1.72 bits per heavy atom. The molecule has 1 aliphatic heterocycles. The first-order valence-corrected chi connectivity index (χ1v) is 9.34. The van der Waals surface area contributed by atoms with Crippen LogP contribution in [-0.4, -0.2) is 23.4 Å². The van der Waals surface area contributed by atoms with E-state index >= 15 is 0 Å². The van der Waals surface area contributed by atoms with Crippen molar-refractivity contribution in [1.29, 1.82) is 0 Å². The maximum absolute atomic E-state index is 11.4. The van der Waals surface area contributed by atoms with Gasteiger partial charge in [0, 0.05) is 23.5 Å². The topological polar surface area (TPSA) is 20.3 Å². The number of nitrogens with zero attached hydrogens (tertiary/aromatic N) is 1. The van der Waals surface area contributed by atoms with Crippen LogP contribution in [0.5, 0.6) is 0 Å². The molecule has 2 rings (SSSR count). The van der Waals surface area contributed by atoms with Gasteiger partial charge in [0.1, 0.15) is 0 Å². The molecule has 1 saturated heterocycles. The van der Waals surface area contributed by atoms with Crippen LogP contribution in [0.3, 0.4) is 0 Å². The van der Waals surface area contributed by atoms with Gasteiger partial charge in [-0.15, -0.1) is 0 Å². The number of piperidine rings is 1. The molecule has 0 radical (unpaired) electrons. The molecular weight excluding hydrogens is 353 g/mol. The summed E-state index contributed by atoms with van der Waals surface area (Å²) in [4.78, 5) is 13.1. The van der Waals surface area contributed by atoms with Gasteiger partial charge in [0.15, 0.2) is 0 Å². The Bertz CT molecular complexity index is 689. The van der Waals surface area contributed by atoms with Crippen LogP contribution >= 0.6 is 23.2 Å². The highest BCUT2D eigenvalue weighted by Crippen LogP contribution is 2.41. The summed E-state index contributed by atoms with van der Waals surface area (Å²) in [6.45, 7) is 7.80. The second-order valence-corrected chi connectivity index (χ2v) is 7.59. The van der Waals surface area contributed by atoms with Crippen molar-refractivity contribution in [2.45, 2.75) is 33.6 Å². The van der Waals surface area contributed by atoms with Crippen molar-refractivity contribution in [3.63, 3.8) is 0 Å². The summed E-state index contributed by atoms with van der Waals surface area (Å²) in [6, 6.07) is 8.02. The molecule has 0 aliphatic carbocycles. The van der Waals surface area contributed by atoms with Crippen LogP contribution in [0.25, 0.3) is 5.57 Å². The van der Waals surface area contributed by atoms with Gasteiger partial charge in [-0.25, -0.2) is 0 Å². The molecule has 1 aliphatic rings. The highest BCUT2D eigenvalue weighted by molar-refractivity contribution is 6.62. The quantitative estimate of drug-likeness (QED) is 0.324. The second kappa shape index (κ2) is 8.73. The van der Waals surface area contributed by atoms with Gasteiger partial charge in [0.05, 0.1) is 0 Å². The van der Waals surface area contributed by atoms with Crippen LogP contribution in [0.1, 0.15) is 39.2 Å². The molecule has 1 aromatic carbocycles. The van der Waals surface area contributed by atoms with E-state index in [0.29, 0.717) is 13.1 Å². The minimum Gasteiger partial charge on any atom is -0.329 e. The lowest BCUT2D eigenvalue weighted by Gasteiger charge is -2.33. The van der Waals surface area contributed by atoms with Crippen molar-refractivity contribution < 1.29 is 4.79 Å². The van der Waals surface area contributed by atoms with Crippen molar-refractivity contribution in [3.8, 4) is 0 Å². The van der Waals surface area contributed by atoms with Crippen LogP contribution in [0, 0.1) is 5.41 Å². The highest BCUT2D eigenvalue weighted by atomic mass is 35.5. The fourth-order valence-corrected chi connectivity index (χ4v) is 3.64. The first kappa shape index (κ1) is 19.8. The molecule has 25 heavy (non-hydrogen) atoms. The predicted molar refractivity (Wildman–Crippen MR) is 108 cm³/mol. The maximum atomic E-state index is 11.4. The SMILES string of the molecule is C/C=C\C=C/C(C)(C)C(=C1CCN(C(=O)Cl)CC1)c1ccc(Cl)cc1. The van der Waals surface area contributed by atoms with Gasteiger partial charge in [-0.2, -0.15) is 0 Å². The minimum atomic E-state index is -0.362. The zero-order valence-electron chi connectivity index (χ0n) is 15.1. The summed E-state index contributed by atoms with van der Waals surface area (Å²) >= 11 is 11.7. The minimum absolute atomic E-state index is 0.129. The van der Waals surface area contributed by atoms with Crippen molar-refractivity contribution in [3.05, 3.63) is 64.7 Å². The molecule has 0 unspecified atom stereocenters. The number of hydrogen-bond donors (Lipinski definition) is 0. The first-order chi connectivity index (χ1) is 11.8. The van der Waals surface area contributed by atoms with Gasteiger partial charge in [-0.3, -0.25) is 4.79 Å². The second-order valence-electron chi connectivity index (χ2n) is 6.83. The zero-order valence-corrected chi connectivity index (χ0v) is 16.6. The molecule has 0 aromatic heterocycles. The Hall–Kier alpha value is -1.51. The molecule has 134 valence electrons. The number of carbonyl (C=O) groups excluding carboxylic acids is 1. The number of rotatable bonds is 4. The fourth-order valence-electron chi connectivity index (χ4n) is 3.34. The van der Waals surface area contributed by atoms with Crippen molar-refractivity contribution in [2.75, 3.05) is 13.1 Å². The van der Waals surface area contributed by atoms with E-state index in [4.69, 9.17) is 23.2 Å². The molecule has 0 spiro atoms. The highest BCUT2D eigenvalue weighted by Gasteiger charge is 2.28. The number of allylic oxidation sites excluding steroid dienone is 5. The molecule has 0 bridgehead atoms. The lowest BCUT2D eigenvalue weighted by Crippen LogP contribution is -2.33. The normalized spacial score (nSPS) is 16.0. The summed E-state index contributed by atoms with van der Waals surface area (Å²) in [7, 11) is 0. The standard InChI is InChI=1S/C21H25Cl2NO/c1-4-5-6-13-21(2,3)19(16-7-9-18(22)10-8-16)17-11-14-24(15-12-17)20(23)25/h4-10,13H,11-12,14-15H2,1-3H3/b5-4-,13-6-. The number of hydrogen-bond acceptors (Lipinski definition) is 1. The number of amides is 1. The van der Waals surface area contributed by atoms with Crippen LogP contribution in [0.4, 0.5) is 4.79 Å². The Morgan fingerprint density at radius 3 is 2.24 bits per heavy atom. The average molecular weight is 378 g/mol.